The zero-order valence-electron chi connectivity index (χ0n) is 13.4. The van der Waals surface area contributed by atoms with Crippen molar-refractivity contribution in [1.29, 1.82) is 0 Å². The van der Waals surface area contributed by atoms with E-state index in [-0.39, 0.29) is 12.4 Å². The predicted octanol–water partition coefficient (Wildman–Crippen LogP) is 4.91. The summed E-state index contributed by atoms with van der Waals surface area (Å²) in [5.74, 6) is -0.00579. The molecule has 2 aromatic heterocycles. The number of nitrogens with zero attached hydrogens (tertiary/aromatic N) is 1. The number of thioether (sulfide) groups is 1. The summed E-state index contributed by atoms with van der Waals surface area (Å²) in [5, 5.41) is 6.87. The number of ether oxygens (including phenoxy) is 1. The van der Waals surface area contributed by atoms with Gasteiger partial charge in [0.1, 0.15) is 17.4 Å². The highest BCUT2D eigenvalue weighted by molar-refractivity contribution is 8.00. The van der Waals surface area contributed by atoms with Crippen LogP contribution in [0.25, 0.3) is 10.6 Å². The molecule has 1 aromatic carbocycles. The zero-order valence-corrected chi connectivity index (χ0v) is 15.9. The van der Waals surface area contributed by atoms with Gasteiger partial charge < -0.3 is 4.74 Å². The second-order valence-electron chi connectivity index (χ2n) is 5.22. The minimum absolute atomic E-state index is 0.0663. The van der Waals surface area contributed by atoms with Gasteiger partial charge in [-0.1, -0.05) is 12.1 Å². The van der Waals surface area contributed by atoms with Crippen LogP contribution in [0.4, 0.5) is 0 Å². The molecule has 25 heavy (non-hydrogen) atoms. The summed E-state index contributed by atoms with van der Waals surface area (Å²) in [6.07, 6.45) is 0. The zero-order chi connectivity index (χ0) is 17.6. The molecule has 0 atom stereocenters. The molecule has 0 amide bonds. The maximum Gasteiger partial charge on any atom is 0.339 e. The minimum Gasteiger partial charge on any atom is -0.456 e. The summed E-state index contributed by atoms with van der Waals surface area (Å²) in [4.78, 5) is 28.8. The molecule has 0 bridgehead atoms. The monoisotopic (exact) mass is 389 g/mol. The van der Waals surface area contributed by atoms with Crippen LogP contribution in [-0.2, 0) is 16.1 Å². The van der Waals surface area contributed by atoms with Gasteiger partial charge in [0, 0.05) is 21.2 Å². The Hall–Kier alpha value is -1.96. The average Bonchev–Trinajstić information content (AvgIpc) is 3.29. The standard InChI is InChI=1S/C18H15NO3S3/c1-12(20)9-24-16-5-3-2-4-15(16)18(21)22-8-14-11-25-17(19-14)13-6-7-23-10-13/h2-7,10-11H,8-9H2,1H3. The first-order valence-electron chi connectivity index (χ1n) is 7.49. The minimum atomic E-state index is -0.406. The second-order valence-corrected chi connectivity index (χ2v) is 7.87. The maximum absolute atomic E-state index is 12.4. The molecule has 0 aliphatic carbocycles. The summed E-state index contributed by atoms with van der Waals surface area (Å²) in [5.41, 5.74) is 2.29. The molecule has 128 valence electrons. The van der Waals surface area contributed by atoms with E-state index in [9.17, 15) is 9.59 Å². The summed E-state index contributed by atoms with van der Waals surface area (Å²) in [6.45, 7) is 1.66. The summed E-state index contributed by atoms with van der Waals surface area (Å²) in [6, 6.07) is 9.17. The first-order chi connectivity index (χ1) is 12.1. The number of aromatic nitrogens is 1. The van der Waals surface area contributed by atoms with E-state index in [1.165, 1.54) is 30.0 Å². The van der Waals surface area contributed by atoms with Crippen molar-refractivity contribution in [2.24, 2.45) is 0 Å². The number of rotatable bonds is 7. The van der Waals surface area contributed by atoms with Crippen LogP contribution in [0, 0.1) is 0 Å². The highest BCUT2D eigenvalue weighted by Gasteiger charge is 2.14. The van der Waals surface area contributed by atoms with Crippen LogP contribution >= 0.6 is 34.4 Å². The number of hydrogen-bond donors (Lipinski definition) is 0. The van der Waals surface area contributed by atoms with E-state index in [1.54, 1.807) is 23.5 Å². The van der Waals surface area contributed by atoms with Gasteiger partial charge in [0.25, 0.3) is 0 Å². The molecule has 0 aliphatic heterocycles. The van der Waals surface area contributed by atoms with E-state index in [4.69, 9.17) is 4.74 Å². The Kier molecular flexibility index (Phi) is 6.01. The molecule has 3 rings (SSSR count). The SMILES string of the molecule is CC(=O)CSc1ccccc1C(=O)OCc1csc(-c2ccsc2)n1. The van der Waals surface area contributed by atoms with E-state index >= 15 is 0 Å². The molecule has 4 nitrogen and oxygen atoms in total. The fraction of sp³-hybridized carbons (Fsp3) is 0.167. The van der Waals surface area contributed by atoms with Gasteiger partial charge >= 0.3 is 5.97 Å². The normalized spacial score (nSPS) is 10.6. The molecular weight excluding hydrogens is 374 g/mol. The molecule has 0 saturated carbocycles. The number of hydrogen-bond acceptors (Lipinski definition) is 7. The lowest BCUT2D eigenvalue weighted by atomic mass is 10.2. The van der Waals surface area contributed by atoms with E-state index in [2.05, 4.69) is 4.98 Å². The number of Topliss-reactive ketones (excluding diaryl/α,β-unsaturated/α-hetero) is 1. The molecule has 7 heteroatoms. The van der Waals surface area contributed by atoms with Gasteiger partial charge in [-0.3, -0.25) is 4.79 Å². The van der Waals surface area contributed by atoms with Crippen molar-refractivity contribution in [1.82, 2.24) is 4.98 Å². The van der Waals surface area contributed by atoms with Crippen molar-refractivity contribution in [2.75, 3.05) is 5.75 Å². The molecule has 0 N–H and O–H groups in total. The Bertz CT molecular complexity index is 871. The third-order valence-corrected chi connectivity index (χ3v) is 6.05. The predicted molar refractivity (Wildman–Crippen MR) is 102 cm³/mol. The van der Waals surface area contributed by atoms with Crippen molar-refractivity contribution in [3.8, 4) is 10.6 Å². The van der Waals surface area contributed by atoms with E-state index < -0.39 is 5.97 Å². The smallest absolute Gasteiger partial charge is 0.339 e. The quantitative estimate of drug-likeness (QED) is 0.424. The van der Waals surface area contributed by atoms with Gasteiger partial charge in [0.2, 0.25) is 0 Å². The van der Waals surface area contributed by atoms with Gasteiger partial charge in [-0.25, -0.2) is 9.78 Å². The fourth-order valence-corrected chi connectivity index (χ4v) is 4.41. The third-order valence-electron chi connectivity index (χ3n) is 3.21. The number of ketones is 1. The summed E-state index contributed by atoms with van der Waals surface area (Å²) < 4.78 is 5.40. The lowest BCUT2D eigenvalue weighted by Crippen LogP contribution is -2.07. The van der Waals surface area contributed by atoms with Crippen LogP contribution in [0.1, 0.15) is 23.0 Å². The van der Waals surface area contributed by atoms with E-state index in [0.717, 1.165) is 21.2 Å². The van der Waals surface area contributed by atoms with E-state index in [0.29, 0.717) is 11.3 Å². The van der Waals surface area contributed by atoms with Gasteiger partial charge in [0.05, 0.1) is 17.0 Å². The van der Waals surface area contributed by atoms with Crippen molar-refractivity contribution in [3.63, 3.8) is 0 Å². The topological polar surface area (TPSA) is 56.3 Å². The van der Waals surface area contributed by atoms with E-state index in [1.807, 2.05) is 34.3 Å². The van der Waals surface area contributed by atoms with Crippen LogP contribution in [0.5, 0.6) is 0 Å². The van der Waals surface area contributed by atoms with Crippen molar-refractivity contribution in [3.05, 3.63) is 57.7 Å². The number of thiazole rings is 1. The molecule has 0 spiro atoms. The van der Waals surface area contributed by atoms with Gasteiger partial charge in [-0.2, -0.15) is 11.3 Å². The molecule has 0 fully saturated rings. The Balaban J connectivity index is 1.64. The number of carbonyl (C=O) groups is 2. The van der Waals surface area contributed by atoms with Gasteiger partial charge in [-0.05, 0) is 30.5 Å². The van der Waals surface area contributed by atoms with Crippen molar-refractivity contribution >= 4 is 46.2 Å². The number of thiophene rings is 1. The highest BCUT2D eigenvalue weighted by atomic mass is 32.2. The van der Waals surface area contributed by atoms with Crippen molar-refractivity contribution in [2.45, 2.75) is 18.4 Å². The summed E-state index contributed by atoms with van der Waals surface area (Å²) >= 11 is 4.50. The highest BCUT2D eigenvalue weighted by Crippen LogP contribution is 2.27. The first kappa shape index (κ1) is 17.8. The van der Waals surface area contributed by atoms with Crippen LogP contribution in [0.2, 0.25) is 0 Å². The second kappa shape index (κ2) is 8.42. The lowest BCUT2D eigenvalue weighted by molar-refractivity contribution is -0.114. The fourth-order valence-electron chi connectivity index (χ4n) is 2.05. The van der Waals surface area contributed by atoms with Crippen LogP contribution in [0.3, 0.4) is 0 Å². The molecule has 0 unspecified atom stereocenters. The lowest BCUT2D eigenvalue weighted by Gasteiger charge is -2.08. The average molecular weight is 390 g/mol. The molecular formula is C18H15NO3S3. The van der Waals surface area contributed by atoms with Gasteiger partial charge in [-0.15, -0.1) is 23.1 Å². The largest absolute Gasteiger partial charge is 0.456 e. The molecule has 0 aliphatic rings. The molecule has 2 heterocycles. The first-order valence-corrected chi connectivity index (χ1v) is 10.3. The van der Waals surface area contributed by atoms with Crippen LogP contribution < -0.4 is 0 Å². The molecule has 0 saturated heterocycles. The summed E-state index contributed by atoms with van der Waals surface area (Å²) in [7, 11) is 0. The van der Waals surface area contributed by atoms with Crippen LogP contribution in [-0.4, -0.2) is 22.5 Å². The molecule has 0 radical (unpaired) electrons. The Morgan fingerprint density at radius 1 is 1.20 bits per heavy atom. The van der Waals surface area contributed by atoms with Crippen LogP contribution in [0.15, 0.2) is 51.4 Å². The Labute approximate surface area is 157 Å². The third kappa shape index (κ3) is 4.78. The Morgan fingerprint density at radius 3 is 2.80 bits per heavy atom. The van der Waals surface area contributed by atoms with Gasteiger partial charge in [0.15, 0.2) is 0 Å². The number of esters is 1. The van der Waals surface area contributed by atoms with Crippen molar-refractivity contribution < 1.29 is 14.3 Å². The maximum atomic E-state index is 12.4. The molecule has 3 aromatic rings. The number of carbonyl (C=O) groups excluding carboxylic acids is 2. The number of benzene rings is 1. The Morgan fingerprint density at radius 2 is 2.04 bits per heavy atom.